The molecule has 1 aliphatic heterocycles. The Hall–Kier alpha value is -2.18. The highest BCUT2D eigenvalue weighted by Gasteiger charge is 2.27. The third kappa shape index (κ3) is 4.57. The lowest BCUT2D eigenvalue weighted by molar-refractivity contribution is -0.116. The van der Waals surface area contributed by atoms with Gasteiger partial charge in [0.25, 0.3) is 5.91 Å². The summed E-state index contributed by atoms with van der Waals surface area (Å²) in [5, 5.41) is 3.65. The highest BCUT2D eigenvalue weighted by Crippen LogP contribution is 2.40. The average Bonchev–Trinajstić information content (AvgIpc) is 3.03. The molecule has 6 heteroatoms. The lowest BCUT2D eigenvalue weighted by Gasteiger charge is -2.27. The molecule has 0 saturated carbocycles. The minimum atomic E-state index is -0.0336. The monoisotopic (exact) mass is 386 g/mol. The molecule has 1 fully saturated rings. The molecule has 1 aliphatic rings. The molecule has 0 aliphatic carbocycles. The first-order valence-corrected chi connectivity index (χ1v) is 10.3. The Morgan fingerprint density at radius 1 is 1.19 bits per heavy atom. The molecule has 2 aromatic rings. The fourth-order valence-corrected chi connectivity index (χ4v) is 4.40. The molecule has 1 aromatic carbocycles. The standard InChI is InChI=1S/C21H26N2O3S/c1-3-4-10-17(24)22-20-18(21(25)23-11-13-26-14-12-23)15(2)19(27-20)16-8-6-5-7-9-16/h5-9H,3-4,10-14H2,1-2H3,(H,22,24). The molecule has 2 heterocycles. The van der Waals surface area contributed by atoms with Crippen molar-refractivity contribution < 1.29 is 14.3 Å². The molecule has 5 nitrogen and oxygen atoms in total. The van der Waals surface area contributed by atoms with E-state index in [-0.39, 0.29) is 11.8 Å². The molecule has 0 spiro atoms. The van der Waals surface area contributed by atoms with Crippen molar-refractivity contribution in [1.82, 2.24) is 4.90 Å². The molecular weight excluding hydrogens is 360 g/mol. The summed E-state index contributed by atoms with van der Waals surface area (Å²) in [5.41, 5.74) is 2.60. The van der Waals surface area contributed by atoms with Crippen LogP contribution in [-0.2, 0) is 9.53 Å². The van der Waals surface area contributed by atoms with E-state index in [0.717, 1.165) is 28.8 Å². The fraction of sp³-hybridized carbons (Fsp3) is 0.429. The number of hydrogen-bond donors (Lipinski definition) is 1. The smallest absolute Gasteiger partial charge is 0.257 e. The number of nitrogens with one attached hydrogen (secondary N) is 1. The summed E-state index contributed by atoms with van der Waals surface area (Å²) in [6.45, 7) is 6.30. The van der Waals surface area contributed by atoms with Gasteiger partial charge in [-0.3, -0.25) is 9.59 Å². The predicted octanol–water partition coefficient (Wildman–Crippen LogP) is 4.32. The lowest BCUT2D eigenvalue weighted by Crippen LogP contribution is -2.41. The SMILES string of the molecule is CCCCC(=O)Nc1sc(-c2ccccc2)c(C)c1C(=O)N1CCOCC1. The Morgan fingerprint density at radius 3 is 2.56 bits per heavy atom. The number of amides is 2. The van der Waals surface area contributed by atoms with E-state index < -0.39 is 0 Å². The highest BCUT2D eigenvalue weighted by atomic mass is 32.1. The molecule has 0 radical (unpaired) electrons. The van der Waals surface area contributed by atoms with Crippen LogP contribution in [0.4, 0.5) is 5.00 Å². The van der Waals surface area contributed by atoms with Crippen LogP contribution in [0.1, 0.15) is 42.1 Å². The Labute approximate surface area is 164 Å². The van der Waals surface area contributed by atoms with E-state index >= 15 is 0 Å². The zero-order valence-corrected chi connectivity index (χ0v) is 16.7. The van der Waals surface area contributed by atoms with E-state index in [0.29, 0.717) is 43.3 Å². The van der Waals surface area contributed by atoms with Gasteiger partial charge in [0, 0.05) is 24.4 Å². The topological polar surface area (TPSA) is 58.6 Å². The summed E-state index contributed by atoms with van der Waals surface area (Å²) in [4.78, 5) is 28.4. The summed E-state index contributed by atoms with van der Waals surface area (Å²) in [6.07, 6.45) is 2.28. The van der Waals surface area contributed by atoms with Crippen molar-refractivity contribution in [2.24, 2.45) is 0 Å². The van der Waals surface area contributed by atoms with Gasteiger partial charge in [-0.25, -0.2) is 0 Å². The number of carbonyl (C=O) groups excluding carboxylic acids is 2. The van der Waals surface area contributed by atoms with Crippen LogP contribution in [0.5, 0.6) is 0 Å². The summed E-state index contributed by atoms with van der Waals surface area (Å²) in [6, 6.07) is 10.0. The summed E-state index contributed by atoms with van der Waals surface area (Å²) < 4.78 is 5.37. The first-order chi connectivity index (χ1) is 13.1. The van der Waals surface area contributed by atoms with Crippen LogP contribution in [0, 0.1) is 6.92 Å². The van der Waals surface area contributed by atoms with Gasteiger partial charge in [-0.2, -0.15) is 0 Å². The molecule has 144 valence electrons. The van der Waals surface area contributed by atoms with E-state index in [1.807, 2.05) is 42.2 Å². The predicted molar refractivity (Wildman–Crippen MR) is 109 cm³/mol. The quantitative estimate of drug-likeness (QED) is 0.804. The number of morpholine rings is 1. The zero-order valence-electron chi connectivity index (χ0n) is 15.9. The van der Waals surface area contributed by atoms with Gasteiger partial charge in [0.05, 0.1) is 18.8 Å². The summed E-state index contributed by atoms with van der Waals surface area (Å²) in [5.74, 6) is -0.0613. The third-order valence-corrected chi connectivity index (χ3v) is 5.96. The minimum absolute atomic E-state index is 0.0278. The van der Waals surface area contributed by atoms with Crippen molar-refractivity contribution in [2.75, 3.05) is 31.6 Å². The van der Waals surface area contributed by atoms with E-state index in [2.05, 4.69) is 12.2 Å². The molecular formula is C21H26N2O3S. The van der Waals surface area contributed by atoms with Crippen molar-refractivity contribution in [2.45, 2.75) is 33.1 Å². The molecule has 27 heavy (non-hydrogen) atoms. The van der Waals surface area contributed by atoms with Crippen LogP contribution >= 0.6 is 11.3 Å². The zero-order chi connectivity index (χ0) is 19.2. The summed E-state index contributed by atoms with van der Waals surface area (Å²) >= 11 is 1.48. The van der Waals surface area contributed by atoms with Crippen LogP contribution < -0.4 is 5.32 Å². The number of ether oxygens (including phenoxy) is 1. The van der Waals surface area contributed by atoms with Gasteiger partial charge in [-0.1, -0.05) is 43.7 Å². The number of nitrogens with zero attached hydrogens (tertiary/aromatic N) is 1. The second-order valence-electron chi connectivity index (χ2n) is 6.68. The maximum absolute atomic E-state index is 13.2. The number of rotatable bonds is 6. The third-order valence-electron chi connectivity index (χ3n) is 4.71. The Balaban J connectivity index is 1.96. The number of thiophene rings is 1. The van der Waals surface area contributed by atoms with Gasteiger partial charge in [-0.15, -0.1) is 11.3 Å². The van der Waals surface area contributed by atoms with Crippen molar-refractivity contribution in [3.63, 3.8) is 0 Å². The maximum Gasteiger partial charge on any atom is 0.257 e. The van der Waals surface area contributed by atoms with Crippen LogP contribution in [0.15, 0.2) is 30.3 Å². The molecule has 2 amide bonds. The van der Waals surface area contributed by atoms with Gasteiger partial charge in [0.1, 0.15) is 5.00 Å². The lowest BCUT2D eigenvalue weighted by atomic mass is 10.1. The second-order valence-corrected chi connectivity index (χ2v) is 7.70. The number of carbonyl (C=O) groups is 2. The Morgan fingerprint density at radius 2 is 1.89 bits per heavy atom. The van der Waals surface area contributed by atoms with Gasteiger partial charge < -0.3 is 15.0 Å². The minimum Gasteiger partial charge on any atom is -0.378 e. The van der Waals surface area contributed by atoms with Gasteiger partial charge >= 0.3 is 0 Å². The molecule has 1 saturated heterocycles. The second kappa shape index (κ2) is 9.15. The Bertz CT molecular complexity index is 795. The first-order valence-electron chi connectivity index (χ1n) is 9.47. The van der Waals surface area contributed by atoms with E-state index in [1.54, 1.807) is 0 Å². The highest BCUT2D eigenvalue weighted by molar-refractivity contribution is 7.20. The van der Waals surface area contributed by atoms with Crippen LogP contribution in [-0.4, -0.2) is 43.0 Å². The van der Waals surface area contributed by atoms with Crippen molar-refractivity contribution in [3.8, 4) is 10.4 Å². The number of hydrogen-bond acceptors (Lipinski definition) is 4. The number of unbranched alkanes of at least 4 members (excludes halogenated alkanes) is 1. The van der Waals surface area contributed by atoms with Crippen molar-refractivity contribution >= 4 is 28.2 Å². The average molecular weight is 387 g/mol. The van der Waals surface area contributed by atoms with Crippen molar-refractivity contribution in [1.29, 1.82) is 0 Å². The van der Waals surface area contributed by atoms with Gasteiger partial charge in [0.2, 0.25) is 5.91 Å². The number of anilines is 1. The van der Waals surface area contributed by atoms with Crippen LogP contribution in [0.3, 0.4) is 0 Å². The molecule has 3 rings (SSSR count). The largest absolute Gasteiger partial charge is 0.378 e. The van der Waals surface area contributed by atoms with Crippen LogP contribution in [0.2, 0.25) is 0 Å². The molecule has 0 bridgehead atoms. The molecule has 0 unspecified atom stereocenters. The fourth-order valence-electron chi connectivity index (χ4n) is 3.17. The first kappa shape index (κ1) is 19.6. The summed E-state index contributed by atoms with van der Waals surface area (Å²) in [7, 11) is 0. The normalized spacial score (nSPS) is 14.2. The molecule has 1 N–H and O–H groups in total. The Kier molecular flexibility index (Phi) is 6.63. The number of benzene rings is 1. The van der Waals surface area contributed by atoms with Gasteiger partial charge in [0.15, 0.2) is 0 Å². The molecule has 0 atom stereocenters. The van der Waals surface area contributed by atoms with Crippen LogP contribution in [0.25, 0.3) is 10.4 Å². The van der Waals surface area contributed by atoms with Crippen molar-refractivity contribution in [3.05, 3.63) is 41.5 Å². The van der Waals surface area contributed by atoms with E-state index in [1.165, 1.54) is 11.3 Å². The van der Waals surface area contributed by atoms with Gasteiger partial charge in [-0.05, 0) is 24.5 Å². The maximum atomic E-state index is 13.2. The van der Waals surface area contributed by atoms with E-state index in [4.69, 9.17) is 4.74 Å². The van der Waals surface area contributed by atoms with E-state index in [9.17, 15) is 9.59 Å². The molecule has 1 aromatic heterocycles.